The molecule has 1 aromatic rings. The molecule has 1 unspecified atom stereocenters. The van der Waals surface area contributed by atoms with Crippen LogP contribution in [0.15, 0.2) is 29.3 Å². The molecule has 1 heterocycles. The van der Waals surface area contributed by atoms with Gasteiger partial charge in [0.05, 0.1) is 6.54 Å². The summed E-state index contributed by atoms with van der Waals surface area (Å²) in [7, 11) is 0. The molecule has 96 valence electrons. The predicted octanol–water partition coefficient (Wildman–Crippen LogP) is 2.03. The third-order valence-electron chi connectivity index (χ3n) is 3.63. The van der Waals surface area contributed by atoms with Gasteiger partial charge in [-0.3, -0.25) is 4.90 Å². The van der Waals surface area contributed by atoms with E-state index in [0.717, 1.165) is 5.56 Å². The maximum atomic E-state index is 11.8. The SMILES string of the molecule is C#CCN1C(=O)N=C(N)C1c1ccccc1C1CC1. The van der Waals surface area contributed by atoms with Gasteiger partial charge in [-0.1, -0.05) is 30.2 Å². The fourth-order valence-corrected chi connectivity index (χ4v) is 2.62. The molecule has 1 aromatic carbocycles. The van der Waals surface area contributed by atoms with Crippen molar-refractivity contribution in [2.75, 3.05) is 6.54 Å². The molecule has 2 aliphatic rings. The van der Waals surface area contributed by atoms with Crippen molar-refractivity contribution >= 4 is 11.9 Å². The average molecular weight is 253 g/mol. The number of carbonyl (C=O) groups is 1. The van der Waals surface area contributed by atoms with Gasteiger partial charge in [-0.05, 0) is 29.9 Å². The van der Waals surface area contributed by atoms with Crippen LogP contribution in [-0.4, -0.2) is 23.3 Å². The third-order valence-corrected chi connectivity index (χ3v) is 3.63. The van der Waals surface area contributed by atoms with E-state index in [4.69, 9.17) is 12.2 Å². The van der Waals surface area contributed by atoms with E-state index in [-0.39, 0.29) is 18.6 Å². The summed E-state index contributed by atoms with van der Waals surface area (Å²) in [4.78, 5) is 17.2. The van der Waals surface area contributed by atoms with Gasteiger partial charge in [0.25, 0.3) is 0 Å². The minimum atomic E-state index is -0.342. The molecule has 19 heavy (non-hydrogen) atoms. The van der Waals surface area contributed by atoms with Crippen LogP contribution in [0.4, 0.5) is 4.79 Å². The van der Waals surface area contributed by atoms with Gasteiger partial charge in [0.15, 0.2) is 0 Å². The summed E-state index contributed by atoms with van der Waals surface area (Å²) in [6, 6.07) is 7.46. The Morgan fingerprint density at radius 3 is 2.68 bits per heavy atom. The van der Waals surface area contributed by atoms with Crippen molar-refractivity contribution in [2.45, 2.75) is 24.8 Å². The molecule has 0 bridgehead atoms. The summed E-state index contributed by atoms with van der Waals surface area (Å²) >= 11 is 0. The van der Waals surface area contributed by atoms with Gasteiger partial charge in [-0.2, -0.15) is 4.99 Å². The van der Waals surface area contributed by atoms with Crippen LogP contribution in [0, 0.1) is 12.3 Å². The van der Waals surface area contributed by atoms with Crippen molar-refractivity contribution in [3.63, 3.8) is 0 Å². The zero-order valence-corrected chi connectivity index (χ0v) is 10.5. The monoisotopic (exact) mass is 253 g/mol. The summed E-state index contributed by atoms with van der Waals surface area (Å²) in [6.07, 6.45) is 7.73. The number of terminal acetylenes is 1. The maximum absolute atomic E-state index is 11.8. The molecular formula is C15H15N3O. The number of nitrogens with two attached hydrogens (primary N) is 1. The Hall–Kier alpha value is -2.28. The summed E-state index contributed by atoms with van der Waals surface area (Å²) < 4.78 is 0. The zero-order chi connectivity index (χ0) is 13.4. The molecule has 2 amide bonds. The number of hydrogen-bond donors (Lipinski definition) is 1. The lowest BCUT2D eigenvalue weighted by Gasteiger charge is -2.24. The summed E-state index contributed by atoms with van der Waals surface area (Å²) in [5, 5.41) is 0. The number of benzene rings is 1. The van der Waals surface area contributed by atoms with Gasteiger partial charge < -0.3 is 5.73 Å². The average Bonchev–Trinajstić information content (AvgIpc) is 3.19. The van der Waals surface area contributed by atoms with Crippen molar-refractivity contribution in [3.8, 4) is 12.3 Å². The number of rotatable bonds is 3. The Morgan fingerprint density at radius 1 is 1.37 bits per heavy atom. The zero-order valence-electron chi connectivity index (χ0n) is 10.5. The van der Waals surface area contributed by atoms with Crippen LogP contribution in [0.1, 0.15) is 35.9 Å². The second-order valence-corrected chi connectivity index (χ2v) is 4.96. The van der Waals surface area contributed by atoms with Crippen molar-refractivity contribution in [1.29, 1.82) is 0 Å². The van der Waals surface area contributed by atoms with Crippen molar-refractivity contribution < 1.29 is 4.79 Å². The predicted molar refractivity (Wildman–Crippen MR) is 73.7 cm³/mol. The standard InChI is InChI=1S/C15H15N3O/c1-2-9-18-13(14(16)17-15(18)19)12-6-4-3-5-11(12)10-7-8-10/h1,3-6,10,13H,7-9H2,(H2,16,17,19). The first kappa shape index (κ1) is 11.8. The van der Waals surface area contributed by atoms with E-state index >= 15 is 0 Å². The second-order valence-electron chi connectivity index (χ2n) is 4.96. The summed E-state index contributed by atoms with van der Waals surface area (Å²) in [6.45, 7) is 0.229. The minimum absolute atomic E-state index is 0.229. The molecule has 4 heteroatoms. The number of amidine groups is 1. The molecule has 1 atom stereocenters. The molecule has 0 aromatic heterocycles. The molecule has 0 saturated heterocycles. The van der Waals surface area contributed by atoms with E-state index in [2.05, 4.69) is 17.0 Å². The molecule has 1 saturated carbocycles. The van der Waals surface area contributed by atoms with Crippen LogP contribution >= 0.6 is 0 Å². The highest BCUT2D eigenvalue weighted by Gasteiger charge is 2.37. The highest BCUT2D eigenvalue weighted by Crippen LogP contribution is 2.44. The Bertz CT molecular complexity index is 596. The number of carbonyl (C=O) groups excluding carboxylic acids is 1. The number of amides is 2. The lowest BCUT2D eigenvalue weighted by molar-refractivity contribution is 0.213. The third kappa shape index (κ3) is 1.97. The van der Waals surface area contributed by atoms with Crippen LogP contribution in [0.2, 0.25) is 0 Å². The lowest BCUT2D eigenvalue weighted by Crippen LogP contribution is -2.34. The van der Waals surface area contributed by atoms with Gasteiger partial charge in [-0.25, -0.2) is 4.79 Å². The van der Waals surface area contributed by atoms with Crippen LogP contribution in [0.25, 0.3) is 0 Å². The Labute approximate surface area is 112 Å². The first-order valence-electron chi connectivity index (χ1n) is 6.39. The van der Waals surface area contributed by atoms with Gasteiger partial charge in [0, 0.05) is 0 Å². The molecule has 0 spiro atoms. The molecular weight excluding hydrogens is 238 g/mol. The van der Waals surface area contributed by atoms with Crippen molar-refractivity contribution in [3.05, 3.63) is 35.4 Å². The van der Waals surface area contributed by atoms with Gasteiger partial charge in [-0.15, -0.1) is 6.42 Å². The topological polar surface area (TPSA) is 58.7 Å². The molecule has 1 aliphatic carbocycles. The first-order valence-corrected chi connectivity index (χ1v) is 6.39. The van der Waals surface area contributed by atoms with E-state index < -0.39 is 0 Å². The van der Waals surface area contributed by atoms with Crippen LogP contribution < -0.4 is 5.73 Å². The van der Waals surface area contributed by atoms with Gasteiger partial charge in [0.2, 0.25) is 0 Å². The van der Waals surface area contributed by atoms with Gasteiger partial charge in [0.1, 0.15) is 11.9 Å². The first-order chi connectivity index (χ1) is 9.22. The van der Waals surface area contributed by atoms with Crippen LogP contribution in [0.3, 0.4) is 0 Å². The molecule has 1 fully saturated rings. The number of nitrogens with zero attached hydrogens (tertiary/aromatic N) is 2. The highest BCUT2D eigenvalue weighted by molar-refractivity contribution is 6.03. The van der Waals surface area contributed by atoms with E-state index in [1.165, 1.54) is 18.4 Å². The molecule has 4 nitrogen and oxygen atoms in total. The van der Waals surface area contributed by atoms with Crippen molar-refractivity contribution in [2.24, 2.45) is 10.7 Å². The molecule has 2 N–H and O–H groups in total. The van der Waals surface area contributed by atoms with E-state index in [9.17, 15) is 4.79 Å². The Balaban J connectivity index is 2.02. The smallest absolute Gasteiger partial charge is 0.346 e. The largest absolute Gasteiger partial charge is 0.385 e. The Kier molecular flexibility index (Phi) is 2.75. The summed E-state index contributed by atoms with van der Waals surface area (Å²) in [5.41, 5.74) is 8.26. The number of hydrogen-bond acceptors (Lipinski definition) is 2. The summed E-state index contributed by atoms with van der Waals surface area (Å²) in [5.74, 6) is 3.43. The maximum Gasteiger partial charge on any atom is 0.346 e. The van der Waals surface area contributed by atoms with Crippen molar-refractivity contribution in [1.82, 2.24) is 4.90 Å². The number of aliphatic imine (C=N–C) groups is 1. The molecule has 1 aliphatic heterocycles. The fraction of sp³-hybridized carbons (Fsp3) is 0.333. The molecule has 0 radical (unpaired) electrons. The van der Waals surface area contributed by atoms with E-state index in [1.807, 2.05) is 18.2 Å². The molecule has 3 rings (SSSR count). The number of urea groups is 1. The van der Waals surface area contributed by atoms with Gasteiger partial charge >= 0.3 is 6.03 Å². The quantitative estimate of drug-likeness (QED) is 0.838. The van der Waals surface area contributed by atoms with Crippen LogP contribution in [0.5, 0.6) is 0 Å². The minimum Gasteiger partial charge on any atom is -0.385 e. The normalized spacial score (nSPS) is 22.3. The fourth-order valence-electron chi connectivity index (χ4n) is 2.62. The lowest BCUT2D eigenvalue weighted by atomic mass is 9.96. The Morgan fingerprint density at radius 2 is 2.05 bits per heavy atom. The van der Waals surface area contributed by atoms with E-state index in [1.54, 1.807) is 4.90 Å². The van der Waals surface area contributed by atoms with Crippen LogP contribution in [-0.2, 0) is 0 Å². The highest BCUT2D eigenvalue weighted by atomic mass is 16.2. The van der Waals surface area contributed by atoms with E-state index in [0.29, 0.717) is 11.8 Å². The second kappa shape index (κ2) is 4.43.